The minimum Gasteiger partial charge on any atom is -0.492 e. The van der Waals surface area contributed by atoms with Gasteiger partial charge in [0.15, 0.2) is 5.78 Å². The Kier molecular flexibility index (Phi) is 5.76. The first-order valence-corrected chi connectivity index (χ1v) is 10.1. The monoisotopic (exact) mass is 398 g/mol. The molecule has 2 aromatic carbocycles. The molecule has 0 saturated carbocycles. The lowest BCUT2D eigenvalue weighted by molar-refractivity contribution is 0.0932. The second-order valence-electron chi connectivity index (χ2n) is 7.20. The van der Waals surface area contributed by atoms with E-state index in [1.54, 1.807) is 30.6 Å². The zero-order valence-electron chi connectivity index (χ0n) is 16.8. The Morgan fingerprint density at radius 3 is 2.53 bits per heavy atom. The molecule has 1 unspecified atom stereocenters. The second kappa shape index (κ2) is 8.79. The number of hydrogen-bond donors (Lipinski definition) is 0. The lowest BCUT2D eigenvalue weighted by atomic mass is 9.97. The molecule has 0 bridgehead atoms. The molecule has 0 N–H and O–H groups in total. The van der Waals surface area contributed by atoms with Gasteiger partial charge in [-0.15, -0.1) is 0 Å². The van der Waals surface area contributed by atoms with Crippen molar-refractivity contribution in [2.45, 2.75) is 32.3 Å². The molecule has 0 spiro atoms. The van der Waals surface area contributed by atoms with Gasteiger partial charge >= 0.3 is 0 Å². The highest BCUT2D eigenvalue weighted by molar-refractivity contribution is 6.00. The van der Waals surface area contributed by atoms with Crippen LogP contribution in [0.15, 0.2) is 60.9 Å². The fourth-order valence-electron chi connectivity index (χ4n) is 3.70. The summed E-state index contributed by atoms with van der Waals surface area (Å²) >= 11 is 0. The number of nitrogens with zero attached hydrogens (tertiary/aromatic N) is 2. The van der Waals surface area contributed by atoms with E-state index in [0.29, 0.717) is 35.7 Å². The summed E-state index contributed by atoms with van der Waals surface area (Å²) in [5, 5.41) is 9.12. The van der Waals surface area contributed by atoms with Crippen LogP contribution in [0, 0.1) is 11.3 Å². The van der Waals surface area contributed by atoms with Crippen LogP contribution in [0.3, 0.4) is 0 Å². The normalized spacial score (nSPS) is 13.7. The molecule has 1 aliphatic heterocycles. The average molecular weight is 398 g/mol. The van der Waals surface area contributed by atoms with Crippen molar-refractivity contribution in [1.82, 2.24) is 4.98 Å². The molecular weight excluding hydrogens is 376 g/mol. The maximum Gasteiger partial charge on any atom is 0.170 e. The summed E-state index contributed by atoms with van der Waals surface area (Å²) in [5.41, 5.74) is 4.04. The van der Waals surface area contributed by atoms with Gasteiger partial charge in [-0.2, -0.15) is 5.26 Å². The number of pyridine rings is 1. The van der Waals surface area contributed by atoms with E-state index in [1.807, 2.05) is 30.3 Å². The standard InChI is InChI=1S/C25H22N2O3/c1-2-3-21-23(9-8-20-22(28)12-15-29-25(20)21)30-24(19-10-13-27-14-11-19)18-6-4-17(16-26)5-7-18/h4-11,13-14,24H,2-3,12,15H2,1H3. The van der Waals surface area contributed by atoms with Gasteiger partial charge in [-0.3, -0.25) is 9.78 Å². The van der Waals surface area contributed by atoms with Crippen LogP contribution in [0.1, 0.15) is 58.5 Å². The van der Waals surface area contributed by atoms with Gasteiger partial charge in [0.25, 0.3) is 0 Å². The smallest absolute Gasteiger partial charge is 0.170 e. The number of Topliss-reactive ketones (excluding diaryl/α,β-unsaturated/α-hetero) is 1. The van der Waals surface area contributed by atoms with Gasteiger partial charge in [-0.05, 0) is 53.9 Å². The van der Waals surface area contributed by atoms with Gasteiger partial charge in [-0.1, -0.05) is 25.5 Å². The summed E-state index contributed by atoms with van der Waals surface area (Å²) in [5.74, 6) is 1.47. The fourth-order valence-corrected chi connectivity index (χ4v) is 3.70. The Bertz CT molecular complexity index is 1090. The molecule has 1 atom stereocenters. The number of ether oxygens (including phenoxy) is 2. The number of nitriles is 1. The summed E-state index contributed by atoms with van der Waals surface area (Å²) < 4.78 is 12.4. The van der Waals surface area contributed by atoms with Crippen LogP contribution in [-0.2, 0) is 6.42 Å². The zero-order valence-corrected chi connectivity index (χ0v) is 16.8. The molecule has 0 amide bonds. The number of carbonyl (C=O) groups excluding carboxylic acids is 1. The van der Waals surface area contributed by atoms with E-state index in [9.17, 15) is 4.79 Å². The number of hydrogen-bond acceptors (Lipinski definition) is 5. The Balaban J connectivity index is 1.78. The van der Waals surface area contributed by atoms with Gasteiger partial charge in [0.1, 0.15) is 17.6 Å². The summed E-state index contributed by atoms with van der Waals surface area (Å²) in [6.07, 6.45) is 5.15. The van der Waals surface area contributed by atoms with Crippen molar-refractivity contribution >= 4 is 5.78 Å². The predicted octanol–water partition coefficient (Wildman–Crippen LogP) is 5.04. The molecule has 150 valence electrons. The van der Waals surface area contributed by atoms with Crippen LogP contribution in [0.2, 0.25) is 0 Å². The maximum atomic E-state index is 12.3. The topological polar surface area (TPSA) is 72.2 Å². The third-order valence-corrected chi connectivity index (χ3v) is 5.19. The van der Waals surface area contributed by atoms with Gasteiger partial charge in [0.2, 0.25) is 0 Å². The fraction of sp³-hybridized carbons (Fsp3) is 0.240. The average Bonchev–Trinajstić information content (AvgIpc) is 2.79. The van der Waals surface area contributed by atoms with Crippen LogP contribution in [0.25, 0.3) is 0 Å². The SMILES string of the molecule is CCCc1c(OC(c2ccncc2)c2ccc(C#N)cc2)ccc2c1OCCC2=O. The summed E-state index contributed by atoms with van der Waals surface area (Å²) in [4.78, 5) is 16.4. The van der Waals surface area contributed by atoms with Crippen LogP contribution in [0.4, 0.5) is 0 Å². The van der Waals surface area contributed by atoms with Crippen molar-refractivity contribution < 1.29 is 14.3 Å². The molecule has 3 aromatic rings. The molecule has 1 aromatic heterocycles. The first-order valence-electron chi connectivity index (χ1n) is 10.1. The quantitative estimate of drug-likeness (QED) is 0.582. The van der Waals surface area contributed by atoms with Gasteiger partial charge in [0, 0.05) is 24.4 Å². The molecule has 0 aliphatic carbocycles. The van der Waals surface area contributed by atoms with E-state index in [0.717, 1.165) is 29.5 Å². The van der Waals surface area contributed by atoms with Crippen LogP contribution in [0.5, 0.6) is 11.5 Å². The van der Waals surface area contributed by atoms with Crippen LogP contribution < -0.4 is 9.47 Å². The van der Waals surface area contributed by atoms with E-state index in [1.165, 1.54) is 0 Å². The minimum atomic E-state index is -0.381. The molecule has 0 radical (unpaired) electrons. The molecule has 1 aliphatic rings. The summed E-state index contributed by atoms with van der Waals surface area (Å²) in [6, 6.07) is 17.0. The molecular formula is C25H22N2O3. The van der Waals surface area contributed by atoms with Crippen molar-refractivity contribution in [2.75, 3.05) is 6.61 Å². The number of ketones is 1. The van der Waals surface area contributed by atoms with Crippen molar-refractivity contribution in [3.63, 3.8) is 0 Å². The van der Waals surface area contributed by atoms with Crippen molar-refractivity contribution in [1.29, 1.82) is 5.26 Å². The van der Waals surface area contributed by atoms with Gasteiger partial charge in [0.05, 0.1) is 23.8 Å². The van der Waals surface area contributed by atoms with E-state index in [4.69, 9.17) is 14.7 Å². The molecule has 4 rings (SSSR count). The van der Waals surface area contributed by atoms with Crippen molar-refractivity contribution in [3.05, 3.63) is 88.7 Å². The van der Waals surface area contributed by atoms with Gasteiger partial charge < -0.3 is 9.47 Å². The lowest BCUT2D eigenvalue weighted by Gasteiger charge is -2.25. The summed E-state index contributed by atoms with van der Waals surface area (Å²) in [7, 11) is 0. The van der Waals surface area contributed by atoms with Crippen LogP contribution in [-0.4, -0.2) is 17.4 Å². The minimum absolute atomic E-state index is 0.109. The predicted molar refractivity (Wildman–Crippen MR) is 113 cm³/mol. The zero-order chi connectivity index (χ0) is 20.9. The Morgan fingerprint density at radius 2 is 1.83 bits per heavy atom. The highest BCUT2D eigenvalue weighted by atomic mass is 16.5. The van der Waals surface area contributed by atoms with Crippen molar-refractivity contribution in [3.8, 4) is 17.6 Å². The molecule has 0 fully saturated rings. The molecule has 5 heteroatoms. The second-order valence-corrected chi connectivity index (χ2v) is 7.20. The van der Waals surface area contributed by atoms with Crippen molar-refractivity contribution in [2.24, 2.45) is 0 Å². The molecule has 0 saturated heterocycles. The number of fused-ring (bicyclic) bond motifs is 1. The number of rotatable bonds is 6. The first-order chi connectivity index (χ1) is 14.7. The first kappa shape index (κ1) is 19.7. The molecule has 5 nitrogen and oxygen atoms in total. The number of aromatic nitrogens is 1. The van der Waals surface area contributed by atoms with E-state index in [-0.39, 0.29) is 11.9 Å². The Hall–Kier alpha value is -3.65. The lowest BCUT2D eigenvalue weighted by Crippen LogP contribution is -2.18. The third kappa shape index (κ3) is 3.90. The number of carbonyl (C=O) groups is 1. The van der Waals surface area contributed by atoms with E-state index >= 15 is 0 Å². The third-order valence-electron chi connectivity index (χ3n) is 5.19. The largest absolute Gasteiger partial charge is 0.492 e. The number of benzene rings is 2. The highest BCUT2D eigenvalue weighted by Gasteiger charge is 2.26. The summed E-state index contributed by atoms with van der Waals surface area (Å²) in [6.45, 7) is 2.49. The molecule has 2 heterocycles. The highest BCUT2D eigenvalue weighted by Crippen LogP contribution is 2.39. The Morgan fingerprint density at radius 1 is 1.10 bits per heavy atom. The maximum absolute atomic E-state index is 12.3. The molecule has 30 heavy (non-hydrogen) atoms. The van der Waals surface area contributed by atoms with Gasteiger partial charge in [-0.25, -0.2) is 0 Å². The Labute approximate surface area is 175 Å². The van der Waals surface area contributed by atoms with E-state index in [2.05, 4.69) is 18.0 Å². The van der Waals surface area contributed by atoms with E-state index < -0.39 is 0 Å². The van der Waals surface area contributed by atoms with Crippen LogP contribution >= 0.6 is 0 Å².